The van der Waals surface area contributed by atoms with Gasteiger partial charge in [0.2, 0.25) is 0 Å². The molecule has 2 aromatic rings. The molecule has 0 amide bonds. The minimum Gasteiger partial charge on any atom is -0.497 e. The maximum Gasteiger partial charge on any atom is 0.310 e. The predicted molar refractivity (Wildman–Crippen MR) is 81.5 cm³/mol. The van der Waals surface area contributed by atoms with E-state index in [1.54, 1.807) is 51.4 Å². The molecular weight excluding hydrogens is 284 g/mol. The second-order valence-corrected chi connectivity index (χ2v) is 4.70. The van der Waals surface area contributed by atoms with Crippen molar-refractivity contribution in [3.05, 3.63) is 51.9 Å². The zero-order valence-electron chi connectivity index (χ0n) is 12.8. The van der Waals surface area contributed by atoms with E-state index in [1.165, 1.54) is 4.68 Å². The third kappa shape index (κ3) is 3.33. The van der Waals surface area contributed by atoms with E-state index in [9.17, 15) is 9.59 Å². The third-order valence-electron chi connectivity index (χ3n) is 3.24. The van der Waals surface area contributed by atoms with Crippen molar-refractivity contribution in [1.29, 1.82) is 0 Å². The molecule has 0 saturated carbocycles. The summed E-state index contributed by atoms with van der Waals surface area (Å²) in [4.78, 5) is 24.2. The van der Waals surface area contributed by atoms with Gasteiger partial charge in [-0.15, -0.1) is 0 Å². The van der Waals surface area contributed by atoms with Crippen molar-refractivity contribution in [1.82, 2.24) is 9.78 Å². The summed E-state index contributed by atoms with van der Waals surface area (Å²) in [6.07, 6.45) is 1.51. The molecule has 0 spiro atoms. The second kappa shape index (κ2) is 6.89. The first-order chi connectivity index (χ1) is 10.6. The quantitative estimate of drug-likeness (QED) is 0.786. The van der Waals surface area contributed by atoms with Crippen molar-refractivity contribution in [3.63, 3.8) is 0 Å². The lowest BCUT2D eigenvalue weighted by atomic mass is 10.1. The number of esters is 1. The molecule has 6 nitrogen and oxygen atoms in total. The minimum absolute atomic E-state index is 0.0584. The molecule has 22 heavy (non-hydrogen) atoms. The number of rotatable bonds is 5. The van der Waals surface area contributed by atoms with Gasteiger partial charge in [0.1, 0.15) is 5.75 Å². The molecule has 0 unspecified atom stereocenters. The van der Waals surface area contributed by atoms with Crippen molar-refractivity contribution < 1.29 is 14.3 Å². The fraction of sp³-hybridized carbons (Fsp3) is 0.312. The predicted octanol–water partition coefficient (Wildman–Crippen LogP) is 1.66. The summed E-state index contributed by atoms with van der Waals surface area (Å²) in [5, 5.41) is 4.13. The summed E-state index contributed by atoms with van der Waals surface area (Å²) in [7, 11) is 1.57. The molecule has 0 radical (unpaired) electrons. The minimum atomic E-state index is -0.421. The van der Waals surface area contributed by atoms with E-state index in [0.29, 0.717) is 22.6 Å². The fourth-order valence-electron chi connectivity index (χ4n) is 2.05. The summed E-state index contributed by atoms with van der Waals surface area (Å²) in [5.74, 6) is 0.269. The molecule has 0 aliphatic carbocycles. The molecule has 116 valence electrons. The number of hydrogen-bond donors (Lipinski definition) is 0. The average molecular weight is 302 g/mol. The number of carbonyl (C=O) groups is 1. The molecule has 0 N–H and O–H groups in total. The Morgan fingerprint density at radius 2 is 1.95 bits per heavy atom. The van der Waals surface area contributed by atoms with Crippen LogP contribution < -0.4 is 10.3 Å². The van der Waals surface area contributed by atoms with Crippen molar-refractivity contribution in [2.75, 3.05) is 13.7 Å². The van der Waals surface area contributed by atoms with E-state index in [2.05, 4.69) is 5.10 Å². The van der Waals surface area contributed by atoms with Crippen molar-refractivity contribution in [3.8, 4) is 11.4 Å². The Bertz CT molecular complexity index is 720. The molecule has 1 aromatic heterocycles. The maximum atomic E-state index is 12.5. The summed E-state index contributed by atoms with van der Waals surface area (Å²) in [6, 6.07) is 6.95. The smallest absolute Gasteiger partial charge is 0.310 e. The Labute approximate surface area is 128 Å². The van der Waals surface area contributed by atoms with E-state index in [4.69, 9.17) is 9.47 Å². The van der Waals surface area contributed by atoms with Gasteiger partial charge in [0.25, 0.3) is 5.56 Å². The van der Waals surface area contributed by atoms with Crippen LogP contribution in [0, 0.1) is 6.92 Å². The number of benzene rings is 1. The van der Waals surface area contributed by atoms with Gasteiger partial charge < -0.3 is 9.47 Å². The molecule has 0 bridgehead atoms. The van der Waals surface area contributed by atoms with Gasteiger partial charge in [0.15, 0.2) is 0 Å². The number of aromatic nitrogens is 2. The fourth-order valence-corrected chi connectivity index (χ4v) is 2.05. The number of carbonyl (C=O) groups excluding carboxylic acids is 1. The topological polar surface area (TPSA) is 70.4 Å². The Hall–Kier alpha value is -2.63. The normalized spacial score (nSPS) is 10.3. The van der Waals surface area contributed by atoms with Gasteiger partial charge in [0, 0.05) is 5.56 Å². The molecule has 0 atom stereocenters. The van der Waals surface area contributed by atoms with Crippen LogP contribution in [0.1, 0.15) is 18.1 Å². The lowest BCUT2D eigenvalue weighted by Crippen LogP contribution is -2.27. The number of nitrogens with zero attached hydrogens (tertiary/aromatic N) is 2. The van der Waals surface area contributed by atoms with Crippen LogP contribution in [0.3, 0.4) is 0 Å². The second-order valence-electron chi connectivity index (χ2n) is 4.70. The Morgan fingerprint density at radius 3 is 2.55 bits per heavy atom. The zero-order chi connectivity index (χ0) is 16.1. The Balaban J connectivity index is 2.41. The van der Waals surface area contributed by atoms with Gasteiger partial charge in [-0.25, -0.2) is 0 Å². The van der Waals surface area contributed by atoms with Crippen LogP contribution in [0.15, 0.2) is 35.3 Å². The van der Waals surface area contributed by atoms with Gasteiger partial charge in [-0.1, -0.05) is 0 Å². The Kier molecular flexibility index (Phi) is 4.93. The number of methoxy groups -OCH3 is 1. The molecule has 0 saturated heterocycles. The molecule has 0 aliphatic rings. The molecule has 0 aliphatic heterocycles. The number of aryl methyl sites for hydroxylation is 1. The van der Waals surface area contributed by atoms with Crippen LogP contribution in [0.5, 0.6) is 5.75 Å². The Morgan fingerprint density at radius 1 is 1.27 bits per heavy atom. The molecule has 1 aromatic carbocycles. The van der Waals surface area contributed by atoms with Crippen LogP contribution in [-0.4, -0.2) is 29.5 Å². The maximum absolute atomic E-state index is 12.5. The standard InChI is InChI=1S/C16H18N2O4/c1-4-22-15(19)9-14-11(2)10-17-18(16(14)20)12-5-7-13(21-3)8-6-12/h5-8,10H,4,9H2,1-3H3. The molecular formula is C16H18N2O4. The molecule has 1 heterocycles. The highest BCUT2D eigenvalue weighted by Gasteiger charge is 2.14. The first-order valence-electron chi connectivity index (χ1n) is 6.94. The van der Waals surface area contributed by atoms with Crippen LogP contribution in [-0.2, 0) is 16.0 Å². The lowest BCUT2D eigenvalue weighted by Gasteiger charge is -2.10. The van der Waals surface area contributed by atoms with E-state index < -0.39 is 5.97 Å². The van der Waals surface area contributed by atoms with E-state index in [0.717, 1.165) is 0 Å². The van der Waals surface area contributed by atoms with Gasteiger partial charge in [-0.3, -0.25) is 9.59 Å². The monoisotopic (exact) mass is 302 g/mol. The number of ether oxygens (including phenoxy) is 2. The van der Waals surface area contributed by atoms with E-state index in [-0.39, 0.29) is 18.6 Å². The zero-order valence-corrected chi connectivity index (χ0v) is 12.8. The van der Waals surface area contributed by atoms with Gasteiger partial charge >= 0.3 is 5.97 Å². The summed E-state index contributed by atoms with van der Waals surface area (Å²) >= 11 is 0. The molecule has 6 heteroatoms. The summed E-state index contributed by atoms with van der Waals surface area (Å²) < 4.78 is 11.3. The summed E-state index contributed by atoms with van der Waals surface area (Å²) in [5.41, 5.74) is 1.35. The largest absolute Gasteiger partial charge is 0.497 e. The average Bonchev–Trinajstić information content (AvgIpc) is 2.52. The van der Waals surface area contributed by atoms with Gasteiger partial charge in [-0.05, 0) is 43.7 Å². The lowest BCUT2D eigenvalue weighted by molar-refractivity contribution is -0.142. The summed E-state index contributed by atoms with van der Waals surface area (Å²) in [6.45, 7) is 3.77. The molecule has 2 rings (SSSR count). The highest BCUT2D eigenvalue weighted by Crippen LogP contribution is 2.13. The van der Waals surface area contributed by atoms with Crippen molar-refractivity contribution in [2.24, 2.45) is 0 Å². The van der Waals surface area contributed by atoms with Crippen LogP contribution in [0.4, 0.5) is 0 Å². The van der Waals surface area contributed by atoms with E-state index in [1.807, 2.05) is 0 Å². The number of hydrogen-bond acceptors (Lipinski definition) is 5. The van der Waals surface area contributed by atoms with Crippen LogP contribution in [0.25, 0.3) is 5.69 Å². The van der Waals surface area contributed by atoms with Gasteiger partial charge in [0.05, 0.1) is 32.0 Å². The molecule has 0 fully saturated rings. The highest BCUT2D eigenvalue weighted by molar-refractivity contribution is 5.72. The van der Waals surface area contributed by atoms with E-state index >= 15 is 0 Å². The first kappa shape index (κ1) is 15.8. The SMILES string of the molecule is CCOC(=O)Cc1c(C)cnn(-c2ccc(OC)cc2)c1=O. The van der Waals surface area contributed by atoms with Crippen LogP contribution in [0.2, 0.25) is 0 Å². The van der Waals surface area contributed by atoms with Crippen LogP contribution >= 0.6 is 0 Å². The third-order valence-corrected chi connectivity index (χ3v) is 3.24. The first-order valence-corrected chi connectivity index (χ1v) is 6.94. The van der Waals surface area contributed by atoms with Crippen molar-refractivity contribution in [2.45, 2.75) is 20.3 Å². The van der Waals surface area contributed by atoms with Crippen molar-refractivity contribution >= 4 is 5.97 Å². The highest BCUT2D eigenvalue weighted by atomic mass is 16.5. The van der Waals surface area contributed by atoms with Gasteiger partial charge in [-0.2, -0.15) is 9.78 Å².